The number of carbonyl (C=O) groups excluding carboxylic acids is 1. The average molecular weight is 430 g/mol. The Hall–Kier alpha value is -2.12. The summed E-state index contributed by atoms with van der Waals surface area (Å²) in [5.41, 5.74) is 2.02. The van der Waals surface area contributed by atoms with Gasteiger partial charge in [-0.15, -0.1) is 11.3 Å². The fraction of sp³-hybridized carbons (Fsp3) is 0.409. The Balaban J connectivity index is 1.87. The van der Waals surface area contributed by atoms with E-state index in [0.29, 0.717) is 10.5 Å². The van der Waals surface area contributed by atoms with Crippen LogP contribution in [0.4, 0.5) is 0 Å². The summed E-state index contributed by atoms with van der Waals surface area (Å²) < 4.78 is 1.70. The largest absolute Gasteiger partial charge is 0.349 e. The molecule has 7 heteroatoms. The van der Waals surface area contributed by atoms with Gasteiger partial charge in [-0.3, -0.25) is 14.2 Å². The van der Waals surface area contributed by atoms with E-state index in [-0.39, 0.29) is 28.8 Å². The summed E-state index contributed by atoms with van der Waals surface area (Å²) in [6.45, 7) is 11.7. The summed E-state index contributed by atoms with van der Waals surface area (Å²) in [6, 6.07) is 9.74. The minimum Gasteiger partial charge on any atom is -0.349 e. The van der Waals surface area contributed by atoms with Crippen LogP contribution in [0.25, 0.3) is 10.2 Å². The Bertz CT molecular complexity index is 1090. The van der Waals surface area contributed by atoms with Gasteiger partial charge in [0.25, 0.3) is 5.56 Å². The van der Waals surface area contributed by atoms with E-state index in [0.717, 1.165) is 20.8 Å². The summed E-state index contributed by atoms with van der Waals surface area (Å²) in [5, 5.41) is 3.97. The van der Waals surface area contributed by atoms with Crippen molar-refractivity contribution in [1.29, 1.82) is 0 Å². The Morgan fingerprint density at radius 2 is 1.79 bits per heavy atom. The Morgan fingerprint density at radius 3 is 2.41 bits per heavy atom. The third kappa shape index (κ3) is 4.41. The lowest BCUT2D eigenvalue weighted by Gasteiger charge is -2.20. The molecule has 0 saturated carbocycles. The molecule has 154 valence electrons. The van der Waals surface area contributed by atoms with Crippen LogP contribution in [0.2, 0.25) is 0 Å². The van der Waals surface area contributed by atoms with Gasteiger partial charge in [-0.05, 0) is 52.7 Å². The molecule has 29 heavy (non-hydrogen) atoms. The molecule has 0 spiro atoms. The first-order valence-corrected chi connectivity index (χ1v) is 11.4. The number of aromatic nitrogens is 2. The van der Waals surface area contributed by atoms with Crippen molar-refractivity contribution in [2.45, 2.75) is 64.0 Å². The molecule has 2 aromatic heterocycles. The Kier molecular flexibility index (Phi) is 6.49. The fourth-order valence-corrected chi connectivity index (χ4v) is 5.31. The van der Waals surface area contributed by atoms with Gasteiger partial charge in [-0.1, -0.05) is 42.1 Å². The van der Waals surface area contributed by atoms with Crippen LogP contribution in [0.15, 0.2) is 40.3 Å². The lowest BCUT2D eigenvalue weighted by molar-refractivity contribution is -0.120. The molecule has 0 bridgehead atoms. The van der Waals surface area contributed by atoms with Crippen LogP contribution in [-0.4, -0.2) is 20.7 Å². The fourth-order valence-electron chi connectivity index (χ4n) is 3.19. The zero-order chi connectivity index (χ0) is 21.3. The number of rotatable bonds is 6. The lowest BCUT2D eigenvalue weighted by atomic mass is 10.1. The first-order valence-electron chi connectivity index (χ1n) is 9.75. The van der Waals surface area contributed by atoms with Gasteiger partial charge in [0.1, 0.15) is 4.83 Å². The summed E-state index contributed by atoms with van der Waals surface area (Å²) in [4.78, 5) is 32.5. The van der Waals surface area contributed by atoms with E-state index in [2.05, 4.69) is 5.32 Å². The smallest absolute Gasteiger partial charge is 0.263 e. The highest BCUT2D eigenvalue weighted by Gasteiger charge is 2.23. The summed E-state index contributed by atoms with van der Waals surface area (Å²) >= 11 is 2.87. The van der Waals surface area contributed by atoms with E-state index in [4.69, 9.17) is 4.98 Å². The van der Waals surface area contributed by atoms with Crippen molar-refractivity contribution in [2.24, 2.45) is 0 Å². The second-order valence-electron chi connectivity index (χ2n) is 7.53. The number of nitrogens with zero attached hydrogens (tertiary/aromatic N) is 2. The number of fused-ring (bicyclic) bond motifs is 1. The number of benzene rings is 1. The number of thioether (sulfide) groups is 1. The maximum atomic E-state index is 13.2. The van der Waals surface area contributed by atoms with Crippen LogP contribution in [0.3, 0.4) is 0 Å². The van der Waals surface area contributed by atoms with Crippen molar-refractivity contribution < 1.29 is 4.79 Å². The first kappa shape index (κ1) is 21.6. The molecule has 1 amide bonds. The maximum absolute atomic E-state index is 13.2. The zero-order valence-electron chi connectivity index (χ0n) is 17.6. The number of hydrogen-bond donors (Lipinski definition) is 1. The van der Waals surface area contributed by atoms with Gasteiger partial charge in [0.15, 0.2) is 5.16 Å². The molecule has 0 aliphatic heterocycles. The summed E-state index contributed by atoms with van der Waals surface area (Å²) in [5.74, 6) is -0.0745. The van der Waals surface area contributed by atoms with Crippen molar-refractivity contribution >= 4 is 39.2 Å². The summed E-state index contributed by atoms with van der Waals surface area (Å²) in [7, 11) is 0. The van der Waals surface area contributed by atoms with Gasteiger partial charge in [-0.25, -0.2) is 4.98 Å². The third-order valence-corrected chi connectivity index (χ3v) is 7.20. The number of aryl methyl sites for hydroxylation is 2. The summed E-state index contributed by atoms with van der Waals surface area (Å²) in [6.07, 6.45) is 0. The molecular weight excluding hydrogens is 402 g/mol. The monoisotopic (exact) mass is 429 g/mol. The maximum Gasteiger partial charge on any atom is 0.263 e. The molecule has 1 aromatic carbocycles. The Labute approximate surface area is 179 Å². The highest BCUT2D eigenvalue weighted by molar-refractivity contribution is 8.00. The van der Waals surface area contributed by atoms with Crippen LogP contribution in [-0.2, 0) is 4.79 Å². The van der Waals surface area contributed by atoms with Crippen molar-refractivity contribution in [2.75, 3.05) is 0 Å². The molecular formula is C22H27N3O2S2. The topological polar surface area (TPSA) is 64.0 Å². The number of hydrogen-bond acceptors (Lipinski definition) is 5. The normalized spacial score (nSPS) is 13.6. The van der Waals surface area contributed by atoms with E-state index in [9.17, 15) is 9.59 Å². The van der Waals surface area contributed by atoms with E-state index in [1.807, 2.05) is 71.9 Å². The molecule has 2 unspecified atom stereocenters. The third-order valence-electron chi connectivity index (χ3n) is 5.03. The molecule has 0 radical (unpaired) electrons. The van der Waals surface area contributed by atoms with E-state index >= 15 is 0 Å². The highest BCUT2D eigenvalue weighted by atomic mass is 32.2. The van der Waals surface area contributed by atoms with Crippen LogP contribution < -0.4 is 10.9 Å². The van der Waals surface area contributed by atoms with Gasteiger partial charge >= 0.3 is 0 Å². The first-order chi connectivity index (χ1) is 13.7. The van der Waals surface area contributed by atoms with Gasteiger partial charge in [0, 0.05) is 10.9 Å². The predicted molar refractivity (Wildman–Crippen MR) is 122 cm³/mol. The van der Waals surface area contributed by atoms with Gasteiger partial charge in [0.2, 0.25) is 5.91 Å². The SMILES string of the molecule is Cc1sc2nc(SC(C)C(=O)NC(C)c3ccccc3)n(C(C)C)c(=O)c2c1C. The van der Waals surface area contributed by atoms with Crippen molar-refractivity contribution in [3.8, 4) is 0 Å². The minimum atomic E-state index is -0.377. The number of nitrogens with one attached hydrogen (secondary N) is 1. The highest BCUT2D eigenvalue weighted by Crippen LogP contribution is 2.31. The van der Waals surface area contributed by atoms with Crippen LogP contribution in [0.5, 0.6) is 0 Å². The minimum absolute atomic E-state index is 0.0281. The molecule has 3 rings (SSSR count). The van der Waals surface area contributed by atoms with Crippen LogP contribution in [0.1, 0.15) is 55.8 Å². The zero-order valence-corrected chi connectivity index (χ0v) is 19.3. The Morgan fingerprint density at radius 1 is 1.14 bits per heavy atom. The molecule has 1 N–H and O–H groups in total. The molecule has 5 nitrogen and oxygen atoms in total. The van der Waals surface area contributed by atoms with Gasteiger partial charge in [0.05, 0.1) is 16.7 Å². The van der Waals surface area contributed by atoms with Gasteiger partial charge < -0.3 is 5.32 Å². The molecule has 0 fully saturated rings. The van der Waals surface area contributed by atoms with E-state index in [1.165, 1.54) is 23.1 Å². The molecule has 0 saturated heterocycles. The van der Waals surface area contributed by atoms with Gasteiger partial charge in [-0.2, -0.15) is 0 Å². The predicted octanol–water partition coefficient (Wildman–Crippen LogP) is 5.01. The second kappa shape index (κ2) is 8.71. The average Bonchev–Trinajstić information content (AvgIpc) is 2.96. The van der Waals surface area contributed by atoms with Crippen molar-refractivity contribution in [3.05, 3.63) is 56.7 Å². The molecule has 2 heterocycles. The molecule has 0 aliphatic rings. The van der Waals surface area contributed by atoms with Crippen molar-refractivity contribution in [3.63, 3.8) is 0 Å². The molecule has 0 aliphatic carbocycles. The van der Waals surface area contributed by atoms with Crippen LogP contribution >= 0.6 is 23.1 Å². The molecule has 3 aromatic rings. The van der Waals surface area contributed by atoms with Crippen molar-refractivity contribution in [1.82, 2.24) is 14.9 Å². The number of amides is 1. The number of thiophene rings is 1. The standard InChI is InChI=1S/C22H27N3O2S2/c1-12(2)25-21(27)18-13(3)15(5)28-20(18)24-22(25)29-16(6)19(26)23-14(4)17-10-8-7-9-11-17/h7-12,14,16H,1-6H3,(H,23,26). The second-order valence-corrected chi connectivity index (χ2v) is 10.0. The molecule has 2 atom stereocenters. The van der Waals surface area contributed by atoms with Crippen LogP contribution in [0, 0.1) is 13.8 Å². The van der Waals surface area contributed by atoms with E-state index in [1.54, 1.807) is 4.57 Å². The lowest BCUT2D eigenvalue weighted by Crippen LogP contribution is -2.34. The quantitative estimate of drug-likeness (QED) is 0.442. The number of carbonyl (C=O) groups is 1. The van der Waals surface area contributed by atoms with E-state index < -0.39 is 0 Å².